The van der Waals surface area contributed by atoms with Gasteiger partial charge >= 0.3 is 0 Å². The predicted octanol–water partition coefficient (Wildman–Crippen LogP) is 1.94. The number of aliphatic hydroxyl groups is 1. The lowest BCUT2D eigenvalue weighted by Crippen LogP contribution is -2.26. The Morgan fingerprint density at radius 1 is 1.46 bits per heavy atom. The standard InChI is InChI=1S/C10H9BrO2/c11-7-3-1-6-2-4-9(12)10(13)8(6)5-7/h1,3,5,9,12H,2,4H2. The molecule has 0 spiro atoms. The summed E-state index contributed by atoms with van der Waals surface area (Å²) in [5.41, 5.74) is 1.70. The first-order chi connectivity index (χ1) is 6.18. The molecule has 0 aliphatic heterocycles. The van der Waals surface area contributed by atoms with Crippen molar-refractivity contribution in [2.75, 3.05) is 0 Å². The van der Waals surface area contributed by atoms with Crippen molar-refractivity contribution < 1.29 is 9.90 Å². The third-order valence-electron chi connectivity index (χ3n) is 2.33. The van der Waals surface area contributed by atoms with Crippen molar-refractivity contribution in [1.29, 1.82) is 0 Å². The number of carbonyl (C=O) groups is 1. The molecular formula is C10H9BrO2. The molecule has 0 bridgehead atoms. The zero-order valence-corrected chi connectivity index (χ0v) is 8.54. The number of benzene rings is 1. The minimum atomic E-state index is -0.804. The molecule has 0 saturated heterocycles. The fourth-order valence-electron chi connectivity index (χ4n) is 1.60. The van der Waals surface area contributed by atoms with Gasteiger partial charge < -0.3 is 5.11 Å². The summed E-state index contributed by atoms with van der Waals surface area (Å²) in [6.45, 7) is 0. The fraction of sp³-hybridized carbons (Fsp3) is 0.300. The lowest BCUT2D eigenvalue weighted by atomic mass is 9.89. The van der Waals surface area contributed by atoms with Gasteiger partial charge in [-0.05, 0) is 30.5 Å². The van der Waals surface area contributed by atoms with Gasteiger partial charge in [-0.1, -0.05) is 22.0 Å². The molecule has 0 fully saturated rings. The van der Waals surface area contributed by atoms with Crippen LogP contribution in [0.2, 0.25) is 0 Å². The molecule has 0 radical (unpaired) electrons. The molecule has 3 heteroatoms. The number of halogens is 1. The van der Waals surface area contributed by atoms with E-state index in [4.69, 9.17) is 0 Å². The first kappa shape index (κ1) is 8.91. The number of aliphatic hydroxyl groups excluding tert-OH is 1. The summed E-state index contributed by atoms with van der Waals surface area (Å²) < 4.78 is 0.883. The second-order valence-corrected chi connectivity index (χ2v) is 4.14. The van der Waals surface area contributed by atoms with Gasteiger partial charge in [0.05, 0.1) is 0 Å². The van der Waals surface area contributed by atoms with Gasteiger partial charge in [0.25, 0.3) is 0 Å². The Kier molecular flexibility index (Phi) is 2.22. The molecule has 0 saturated carbocycles. The van der Waals surface area contributed by atoms with E-state index in [9.17, 15) is 9.90 Å². The van der Waals surface area contributed by atoms with Crippen molar-refractivity contribution >= 4 is 21.7 Å². The highest BCUT2D eigenvalue weighted by molar-refractivity contribution is 9.10. The van der Waals surface area contributed by atoms with Crippen molar-refractivity contribution in [2.24, 2.45) is 0 Å². The molecule has 1 unspecified atom stereocenters. The predicted molar refractivity (Wildman–Crippen MR) is 52.8 cm³/mol. The average molecular weight is 241 g/mol. The van der Waals surface area contributed by atoms with Crippen molar-refractivity contribution in [2.45, 2.75) is 18.9 Å². The van der Waals surface area contributed by atoms with Gasteiger partial charge in [-0.25, -0.2) is 0 Å². The van der Waals surface area contributed by atoms with Gasteiger partial charge in [0.15, 0.2) is 5.78 Å². The van der Waals surface area contributed by atoms with Crippen molar-refractivity contribution in [3.63, 3.8) is 0 Å². The number of aryl methyl sites for hydroxylation is 1. The number of Topliss-reactive ketones (excluding diaryl/α,β-unsaturated/α-hetero) is 1. The summed E-state index contributed by atoms with van der Waals surface area (Å²) >= 11 is 3.30. The van der Waals surface area contributed by atoms with Crippen molar-refractivity contribution in [1.82, 2.24) is 0 Å². The Morgan fingerprint density at radius 3 is 3.00 bits per heavy atom. The zero-order chi connectivity index (χ0) is 9.42. The molecule has 1 aromatic carbocycles. The first-order valence-corrected chi connectivity index (χ1v) is 4.98. The number of hydrogen-bond donors (Lipinski definition) is 1. The molecule has 1 N–H and O–H groups in total. The van der Waals surface area contributed by atoms with Crippen LogP contribution in [-0.2, 0) is 6.42 Å². The van der Waals surface area contributed by atoms with Crippen molar-refractivity contribution in [3.8, 4) is 0 Å². The van der Waals surface area contributed by atoms with E-state index in [1.165, 1.54) is 0 Å². The van der Waals surface area contributed by atoms with Gasteiger partial charge in [-0.3, -0.25) is 4.79 Å². The van der Waals surface area contributed by atoms with Gasteiger partial charge in [-0.2, -0.15) is 0 Å². The lowest BCUT2D eigenvalue weighted by Gasteiger charge is -2.19. The summed E-state index contributed by atoms with van der Waals surface area (Å²) in [4.78, 5) is 11.5. The molecule has 2 rings (SSSR count). The van der Waals surface area contributed by atoms with Crippen molar-refractivity contribution in [3.05, 3.63) is 33.8 Å². The largest absolute Gasteiger partial charge is 0.385 e. The fourth-order valence-corrected chi connectivity index (χ4v) is 1.96. The molecule has 0 aromatic heterocycles. The van der Waals surface area contributed by atoms with E-state index in [2.05, 4.69) is 15.9 Å². The number of rotatable bonds is 0. The summed E-state index contributed by atoms with van der Waals surface area (Å²) in [6.07, 6.45) is 0.532. The van der Waals surface area contributed by atoms with E-state index in [1.54, 1.807) is 6.07 Å². The molecule has 1 aliphatic carbocycles. The highest BCUT2D eigenvalue weighted by atomic mass is 79.9. The third kappa shape index (κ3) is 1.54. The van der Waals surface area contributed by atoms with E-state index in [0.717, 1.165) is 16.5 Å². The van der Waals surface area contributed by atoms with Crippen LogP contribution in [0.3, 0.4) is 0 Å². The SMILES string of the molecule is O=C1c2cc(Br)ccc2CCC1O. The first-order valence-electron chi connectivity index (χ1n) is 4.19. The molecular weight excluding hydrogens is 232 g/mol. The van der Waals surface area contributed by atoms with Gasteiger partial charge in [0.2, 0.25) is 0 Å². The van der Waals surface area contributed by atoms with Gasteiger partial charge in [0, 0.05) is 10.0 Å². The van der Waals surface area contributed by atoms with E-state index in [-0.39, 0.29) is 5.78 Å². The zero-order valence-electron chi connectivity index (χ0n) is 6.96. The molecule has 1 atom stereocenters. The Balaban J connectivity index is 2.51. The van der Waals surface area contributed by atoms with Crippen LogP contribution in [0.5, 0.6) is 0 Å². The Labute approximate surface area is 84.7 Å². The van der Waals surface area contributed by atoms with Gasteiger partial charge in [-0.15, -0.1) is 0 Å². The van der Waals surface area contributed by atoms with Crippen LogP contribution >= 0.6 is 15.9 Å². The molecule has 0 amide bonds. The topological polar surface area (TPSA) is 37.3 Å². The van der Waals surface area contributed by atoms with Crippen LogP contribution in [0.4, 0.5) is 0 Å². The van der Waals surface area contributed by atoms with E-state index >= 15 is 0 Å². The minimum absolute atomic E-state index is 0.150. The quantitative estimate of drug-likeness (QED) is 0.753. The monoisotopic (exact) mass is 240 g/mol. The number of carbonyl (C=O) groups excluding carboxylic acids is 1. The number of hydrogen-bond acceptors (Lipinski definition) is 2. The molecule has 1 aliphatic rings. The van der Waals surface area contributed by atoms with Crippen LogP contribution in [0.1, 0.15) is 22.3 Å². The highest BCUT2D eigenvalue weighted by Gasteiger charge is 2.25. The third-order valence-corrected chi connectivity index (χ3v) is 2.82. The molecule has 2 nitrogen and oxygen atoms in total. The lowest BCUT2D eigenvalue weighted by molar-refractivity contribution is 0.0712. The summed E-state index contributed by atoms with van der Waals surface area (Å²) in [6, 6.07) is 5.63. The second kappa shape index (κ2) is 3.24. The van der Waals surface area contributed by atoms with Crippen LogP contribution in [0, 0.1) is 0 Å². The Hall–Kier alpha value is -0.670. The average Bonchev–Trinajstić information content (AvgIpc) is 2.12. The molecule has 0 heterocycles. The smallest absolute Gasteiger partial charge is 0.191 e. The number of fused-ring (bicyclic) bond motifs is 1. The molecule has 13 heavy (non-hydrogen) atoms. The van der Waals surface area contributed by atoms with Crippen LogP contribution in [0.25, 0.3) is 0 Å². The Morgan fingerprint density at radius 2 is 2.23 bits per heavy atom. The van der Waals surface area contributed by atoms with Crippen LogP contribution in [-0.4, -0.2) is 17.0 Å². The van der Waals surface area contributed by atoms with E-state index < -0.39 is 6.10 Å². The maximum Gasteiger partial charge on any atom is 0.191 e. The molecule has 1 aromatic rings. The Bertz CT molecular complexity index is 360. The summed E-state index contributed by atoms with van der Waals surface area (Å²) in [7, 11) is 0. The van der Waals surface area contributed by atoms with E-state index in [0.29, 0.717) is 12.0 Å². The maximum absolute atomic E-state index is 11.5. The summed E-state index contributed by atoms with van der Waals surface area (Å²) in [5.74, 6) is -0.150. The van der Waals surface area contributed by atoms with Gasteiger partial charge in [0.1, 0.15) is 6.10 Å². The summed E-state index contributed by atoms with van der Waals surface area (Å²) in [5, 5.41) is 9.35. The van der Waals surface area contributed by atoms with Crippen LogP contribution in [0.15, 0.2) is 22.7 Å². The minimum Gasteiger partial charge on any atom is -0.385 e. The second-order valence-electron chi connectivity index (χ2n) is 3.22. The van der Waals surface area contributed by atoms with Crippen LogP contribution < -0.4 is 0 Å². The van der Waals surface area contributed by atoms with E-state index in [1.807, 2.05) is 12.1 Å². The maximum atomic E-state index is 11.5. The molecule has 68 valence electrons. The highest BCUT2D eigenvalue weighted by Crippen LogP contribution is 2.24. The normalized spacial score (nSPS) is 21.4. The number of ketones is 1.